The van der Waals surface area contributed by atoms with Gasteiger partial charge in [-0.3, -0.25) is 5.10 Å². The normalized spacial score (nSPS) is 10.6. The van der Waals surface area contributed by atoms with Crippen LogP contribution in [-0.2, 0) is 0 Å². The van der Waals surface area contributed by atoms with E-state index in [2.05, 4.69) is 15.2 Å². The first-order valence-electron chi connectivity index (χ1n) is 6.82. The van der Waals surface area contributed by atoms with Crippen LogP contribution in [0.1, 0.15) is 6.92 Å². The highest BCUT2D eigenvalue weighted by molar-refractivity contribution is 6.33. The number of aromatic amines is 1. The minimum atomic E-state index is 0.0902. The molecule has 1 aromatic heterocycles. The molecule has 22 heavy (non-hydrogen) atoms. The summed E-state index contributed by atoms with van der Waals surface area (Å²) in [6, 6.07) is 12.4. The highest BCUT2D eigenvalue weighted by Gasteiger charge is 2.12. The Kier molecular flexibility index (Phi) is 3.98. The molecule has 0 spiro atoms. The molecule has 0 saturated heterocycles. The largest absolute Gasteiger partial charge is 0.504 e. The van der Waals surface area contributed by atoms with Crippen molar-refractivity contribution in [3.05, 3.63) is 47.5 Å². The predicted molar refractivity (Wildman–Crippen MR) is 85.1 cm³/mol. The van der Waals surface area contributed by atoms with Crippen LogP contribution in [0.2, 0.25) is 5.02 Å². The molecule has 0 fully saturated rings. The van der Waals surface area contributed by atoms with Gasteiger partial charge in [-0.15, -0.1) is 0 Å². The van der Waals surface area contributed by atoms with Crippen LogP contribution < -0.4 is 4.74 Å². The lowest BCUT2D eigenvalue weighted by molar-refractivity contribution is 0.318. The zero-order chi connectivity index (χ0) is 15.5. The molecule has 0 aliphatic heterocycles. The summed E-state index contributed by atoms with van der Waals surface area (Å²) < 4.78 is 5.37. The SMILES string of the molecule is CCOc1cc(-c2n[nH]c(-c3ccccc3Cl)n2)ccc1O. The van der Waals surface area contributed by atoms with Crippen LogP contribution in [0.4, 0.5) is 0 Å². The van der Waals surface area contributed by atoms with Crippen molar-refractivity contribution in [2.24, 2.45) is 0 Å². The molecule has 1 heterocycles. The van der Waals surface area contributed by atoms with E-state index in [-0.39, 0.29) is 5.75 Å². The first-order chi connectivity index (χ1) is 10.7. The summed E-state index contributed by atoms with van der Waals surface area (Å²) >= 11 is 6.16. The molecule has 0 aliphatic carbocycles. The van der Waals surface area contributed by atoms with Gasteiger partial charge in [0.15, 0.2) is 23.1 Å². The molecule has 0 bridgehead atoms. The van der Waals surface area contributed by atoms with Crippen molar-refractivity contribution >= 4 is 11.6 Å². The number of ether oxygens (including phenoxy) is 1. The van der Waals surface area contributed by atoms with E-state index >= 15 is 0 Å². The summed E-state index contributed by atoms with van der Waals surface area (Å²) in [6.45, 7) is 2.32. The van der Waals surface area contributed by atoms with Crippen LogP contribution in [0.3, 0.4) is 0 Å². The van der Waals surface area contributed by atoms with Crippen molar-refractivity contribution in [3.8, 4) is 34.3 Å². The third kappa shape index (κ3) is 2.76. The third-order valence-electron chi connectivity index (χ3n) is 3.13. The number of nitrogens with zero attached hydrogens (tertiary/aromatic N) is 2. The second-order valence-corrected chi connectivity index (χ2v) is 5.01. The molecule has 0 aliphatic rings. The summed E-state index contributed by atoms with van der Waals surface area (Å²) in [7, 11) is 0. The number of phenolic OH excluding ortho intramolecular Hbond substituents is 1. The third-order valence-corrected chi connectivity index (χ3v) is 3.46. The van der Waals surface area contributed by atoms with E-state index in [0.29, 0.717) is 29.0 Å². The van der Waals surface area contributed by atoms with E-state index < -0.39 is 0 Å². The quantitative estimate of drug-likeness (QED) is 0.766. The molecular weight excluding hydrogens is 302 g/mol. The van der Waals surface area contributed by atoms with Crippen LogP contribution in [0.5, 0.6) is 11.5 Å². The lowest BCUT2D eigenvalue weighted by Gasteiger charge is -2.06. The number of halogens is 1. The van der Waals surface area contributed by atoms with Crippen molar-refractivity contribution < 1.29 is 9.84 Å². The lowest BCUT2D eigenvalue weighted by atomic mass is 10.2. The molecule has 6 heteroatoms. The van der Waals surface area contributed by atoms with Gasteiger partial charge in [0.1, 0.15) is 0 Å². The first kappa shape index (κ1) is 14.4. The lowest BCUT2D eigenvalue weighted by Crippen LogP contribution is -1.92. The van der Waals surface area contributed by atoms with Gasteiger partial charge in [0.25, 0.3) is 0 Å². The van der Waals surface area contributed by atoms with Gasteiger partial charge in [0.2, 0.25) is 0 Å². The Hall–Kier alpha value is -2.53. The number of phenols is 1. The van der Waals surface area contributed by atoms with Gasteiger partial charge in [-0.2, -0.15) is 5.10 Å². The van der Waals surface area contributed by atoms with Crippen LogP contribution in [0.15, 0.2) is 42.5 Å². The highest BCUT2D eigenvalue weighted by atomic mass is 35.5. The molecule has 5 nitrogen and oxygen atoms in total. The van der Waals surface area contributed by atoms with E-state index in [1.165, 1.54) is 0 Å². The van der Waals surface area contributed by atoms with Gasteiger partial charge < -0.3 is 9.84 Å². The molecule has 3 rings (SSSR count). The summed E-state index contributed by atoms with van der Waals surface area (Å²) in [5.74, 6) is 1.60. The number of benzene rings is 2. The van der Waals surface area contributed by atoms with E-state index in [1.807, 2.05) is 25.1 Å². The smallest absolute Gasteiger partial charge is 0.181 e. The summed E-state index contributed by atoms with van der Waals surface area (Å²) in [5.41, 5.74) is 1.53. The van der Waals surface area contributed by atoms with Crippen molar-refractivity contribution in [2.75, 3.05) is 6.61 Å². The van der Waals surface area contributed by atoms with Gasteiger partial charge >= 0.3 is 0 Å². The second-order valence-electron chi connectivity index (χ2n) is 4.60. The van der Waals surface area contributed by atoms with Crippen molar-refractivity contribution in [1.82, 2.24) is 15.2 Å². The summed E-state index contributed by atoms with van der Waals surface area (Å²) in [6.07, 6.45) is 0. The number of hydrogen-bond acceptors (Lipinski definition) is 4. The van der Waals surface area contributed by atoms with Crippen LogP contribution >= 0.6 is 11.6 Å². The van der Waals surface area contributed by atoms with Gasteiger partial charge in [-0.25, -0.2) is 4.98 Å². The summed E-state index contributed by atoms with van der Waals surface area (Å²) in [4.78, 5) is 4.45. The van der Waals surface area contributed by atoms with Crippen LogP contribution in [0, 0.1) is 0 Å². The fourth-order valence-electron chi connectivity index (χ4n) is 2.09. The molecule has 0 unspecified atom stereocenters. The number of aromatic hydroxyl groups is 1. The van der Waals surface area contributed by atoms with Crippen molar-refractivity contribution in [3.63, 3.8) is 0 Å². The number of rotatable bonds is 4. The van der Waals surface area contributed by atoms with E-state index in [0.717, 1.165) is 11.1 Å². The topological polar surface area (TPSA) is 71.0 Å². The minimum absolute atomic E-state index is 0.0902. The average Bonchev–Trinajstić information content (AvgIpc) is 3.00. The maximum absolute atomic E-state index is 9.74. The van der Waals surface area contributed by atoms with Crippen LogP contribution in [-0.4, -0.2) is 26.9 Å². The number of nitrogens with one attached hydrogen (secondary N) is 1. The van der Waals surface area contributed by atoms with Gasteiger partial charge in [-0.1, -0.05) is 23.7 Å². The van der Waals surface area contributed by atoms with Gasteiger partial charge in [0.05, 0.1) is 11.6 Å². The van der Waals surface area contributed by atoms with Gasteiger partial charge in [-0.05, 0) is 37.3 Å². The maximum Gasteiger partial charge on any atom is 0.181 e. The predicted octanol–water partition coefficient (Wildman–Crippen LogP) is 3.90. The van der Waals surface area contributed by atoms with Crippen molar-refractivity contribution in [1.29, 1.82) is 0 Å². The molecule has 3 aromatic rings. The summed E-state index contributed by atoms with van der Waals surface area (Å²) in [5, 5.41) is 17.4. The molecule has 0 radical (unpaired) electrons. The van der Waals surface area contributed by atoms with Crippen LogP contribution in [0.25, 0.3) is 22.8 Å². The molecule has 0 amide bonds. The van der Waals surface area contributed by atoms with Gasteiger partial charge in [0, 0.05) is 11.1 Å². The van der Waals surface area contributed by atoms with E-state index in [1.54, 1.807) is 24.3 Å². The number of H-pyrrole nitrogens is 1. The standard InChI is InChI=1S/C16H14ClN3O2/c1-2-22-14-9-10(7-8-13(14)21)15-18-16(20-19-15)11-5-3-4-6-12(11)17/h3-9,21H,2H2,1H3,(H,18,19,20). The minimum Gasteiger partial charge on any atom is -0.504 e. The molecule has 2 N–H and O–H groups in total. The molecular formula is C16H14ClN3O2. The van der Waals surface area contributed by atoms with E-state index in [9.17, 15) is 5.11 Å². The second kappa shape index (κ2) is 6.07. The molecule has 0 atom stereocenters. The Balaban J connectivity index is 1.97. The Morgan fingerprint density at radius 1 is 1.23 bits per heavy atom. The van der Waals surface area contributed by atoms with Crippen molar-refractivity contribution in [2.45, 2.75) is 6.92 Å². The monoisotopic (exact) mass is 315 g/mol. The zero-order valence-corrected chi connectivity index (χ0v) is 12.6. The maximum atomic E-state index is 9.74. The fraction of sp³-hybridized carbons (Fsp3) is 0.125. The number of hydrogen-bond donors (Lipinski definition) is 2. The zero-order valence-electron chi connectivity index (χ0n) is 11.9. The highest BCUT2D eigenvalue weighted by Crippen LogP contribution is 2.31. The first-order valence-corrected chi connectivity index (χ1v) is 7.20. The Bertz CT molecular complexity index is 802. The number of aromatic nitrogens is 3. The Labute approximate surface area is 132 Å². The molecule has 2 aromatic carbocycles. The Morgan fingerprint density at radius 2 is 2.05 bits per heavy atom. The molecule has 0 saturated carbocycles. The fourth-order valence-corrected chi connectivity index (χ4v) is 2.31. The Morgan fingerprint density at radius 3 is 2.82 bits per heavy atom. The van der Waals surface area contributed by atoms with E-state index in [4.69, 9.17) is 16.3 Å². The average molecular weight is 316 g/mol. The molecule has 112 valence electrons.